The first-order valence-corrected chi connectivity index (χ1v) is 8.54. The monoisotopic (exact) mass is 392 g/mol. The van der Waals surface area contributed by atoms with Gasteiger partial charge in [-0.25, -0.2) is 9.37 Å². The molecule has 0 radical (unpaired) electrons. The molecule has 1 unspecified atom stereocenters. The summed E-state index contributed by atoms with van der Waals surface area (Å²) in [5.74, 6) is 0.513. The van der Waals surface area contributed by atoms with Gasteiger partial charge in [0.15, 0.2) is 11.6 Å². The Hall–Kier alpha value is -2.75. The van der Waals surface area contributed by atoms with Crippen LogP contribution in [0, 0.1) is 5.82 Å². The molecule has 2 heterocycles. The predicted octanol–water partition coefficient (Wildman–Crippen LogP) is 2.35. The molecule has 0 bridgehead atoms. The summed E-state index contributed by atoms with van der Waals surface area (Å²) in [6.07, 6.45) is 3.09. The highest BCUT2D eigenvalue weighted by atomic mass is 35.5. The molecule has 0 saturated carbocycles. The number of hydrogen-bond donors (Lipinski definition) is 4. The first-order valence-electron chi connectivity index (χ1n) is 8.16. The quantitative estimate of drug-likeness (QED) is 0.466. The van der Waals surface area contributed by atoms with Gasteiger partial charge in [-0.3, -0.25) is 4.68 Å². The summed E-state index contributed by atoms with van der Waals surface area (Å²) >= 11 is 6.13. The van der Waals surface area contributed by atoms with Crippen LogP contribution < -0.4 is 10.6 Å². The lowest BCUT2D eigenvalue weighted by Gasteiger charge is -2.19. The fourth-order valence-corrected chi connectivity index (χ4v) is 2.59. The van der Waals surface area contributed by atoms with Crippen LogP contribution in [0.1, 0.15) is 11.6 Å². The number of benzene rings is 1. The van der Waals surface area contributed by atoms with Gasteiger partial charge < -0.3 is 20.8 Å². The highest BCUT2D eigenvalue weighted by molar-refractivity contribution is 6.32. The average molecular weight is 393 g/mol. The zero-order chi connectivity index (χ0) is 19.2. The Morgan fingerprint density at radius 3 is 2.78 bits per heavy atom. The van der Waals surface area contributed by atoms with Crippen LogP contribution in [0.3, 0.4) is 0 Å². The molecule has 27 heavy (non-hydrogen) atoms. The maximum Gasteiger partial charge on any atom is 0.230 e. The molecule has 8 nitrogen and oxygen atoms in total. The van der Waals surface area contributed by atoms with E-state index in [0.717, 1.165) is 0 Å². The maximum atomic E-state index is 14.0. The van der Waals surface area contributed by atoms with Crippen molar-refractivity contribution in [2.45, 2.75) is 12.6 Å². The Bertz CT molecular complexity index is 907. The third-order valence-corrected chi connectivity index (χ3v) is 4.00. The minimum Gasteiger partial charge on any atom is -0.394 e. The van der Waals surface area contributed by atoms with Crippen molar-refractivity contribution >= 4 is 29.2 Å². The SMILES string of the molecule is OCCn1ccc(Nc2ncc(Cl)c(NC(CO)c3ccccc3F)n2)n1. The Balaban J connectivity index is 1.79. The second-order valence-electron chi connectivity index (χ2n) is 5.60. The lowest BCUT2D eigenvalue weighted by atomic mass is 10.1. The minimum atomic E-state index is -0.727. The van der Waals surface area contributed by atoms with E-state index >= 15 is 0 Å². The van der Waals surface area contributed by atoms with E-state index in [2.05, 4.69) is 25.7 Å². The van der Waals surface area contributed by atoms with Gasteiger partial charge in [-0.2, -0.15) is 10.1 Å². The molecule has 1 atom stereocenters. The van der Waals surface area contributed by atoms with Crippen LogP contribution in [-0.4, -0.2) is 43.2 Å². The number of aliphatic hydroxyl groups is 2. The Morgan fingerprint density at radius 2 is 2.04 bits per heavy atom. The molecule has 10 heteroatoms. The minimum absolute atomic E-state index is 0.0226. The van der Waals surface area contributed by atoms with Crippen molar-refractivity contribution in [3.8, 4) is 0 Å². The number of nitrogens with one attached hydrogen (secondary N) is 2. The molecular formula is C17H18ClFN6O2. The number of nitrogens with zero attached hydrogens (tertiary/aromatic N) is 4. The van der Waals surface area contributed by atoms with Gasteiger partial charge >= 0.3 is 0 Å². The molecule has 0 spiro atoms. The third kappa shape index (κ3) is 4.70. The Kier molecular flexibility index (Phi) is 6.17. The fraction of sp³-hybridized carbons (Fsp3) is 0.235. The molecule has 0 aliphatic rings. The van der Waals surface area contributed by atoms with Gasteiger partial charge in [0.05, 0.1) is 32.0 Å². The summed E-state index contributed by atoms with van der Waals surface area (Å²) in [6, 6.07) is 7.12. The molecule has 2 aromatic heterocycles. The molecule has 0 fully saturated rings. The lowest BCUT2D eigenvalue weighted by molar-refractivity contribution is 0.269. The Morgan fingerprint density at radius 1 is 1.22 bits per heavy atom. The van der Waals surface area contributed by atoms with Crippen molar-refractivity contribution in [3.63, 3.8) is 0 Å². The van der Waals surface area contributed by atoms with Gasteiger partial charge in [0.1, 0.15) is 10.8 Å². The summed E-state index contributed by atoms with van der Waals surface area (Å²) in [7, 11) is 0. The molecule has 0 aliphatic carbocycles. The van der Waals surface area contributed by atoms with E-state index in [4.69, 9.17) is 16.7 Å². The normalized spacial score (nSPS) is 12.0. The van der Waals surface area contributed by atoms with Crippen LogP contribution in [0.4, 0.5) is 22.0 Å². The van der Waals surface area contributed by atoms with E-state index in [0.29, 0.717) is 17.9 Å². The maximum absolute atomic E-state index is 14.0. The van der Waals surface area contributed by atoms with Crippen molar-refractivity contribution in [2.75, 3.05) is 23.8 Å². The van der Waals surface area contributed by atoms with Crippen LogP contribution in [-0.2, 0) is 6.54 Å². The van der Waals surface area contributed by atoms with Crippen molar-refractivity contribution in [2.24, 2.45) is 0 Å². The molecule has 0 aliphatic heterocycles. The van der Waals surface area contributed by atoms with E-state index in [9.17, 15) is 9.50 Å². The lowest BCUT2D eigenvalue weighted by Crippen LogP contribution is -2.17. The van der Waals surface area contributed by atoms with E-state index < -0.39 is 11.9 Å². The zero-order valence-electron chi connectivity index (χ0n) is 14.2. The van der Waals surface area contributed by atoms with E-state index in [-0.39, 0.29) is 30.0 Å². The van der Waals surface area contributed by atoms with Crippen molar-refractivity contribution in [1.29, 1.82) is 0 Å². The molecule has 0 saturated heterocycles. The number of halogens is 2. The molecule has 1 aromatic carbocycles. The number of hydrogen-bond acceptors (Lipinski definition) is 7. The highest BCUT2D eigenvalue weighted by Crippen LogP contribution is 2.26. The second kappa shape index (κ2) is 8.76. The highest BCUT2D eigenvalue weighted by Gasteiger charge is 2.17. The second-order valence-corrected chi connectivity index (χ2v) is 6.01. The smallest absolute Gasteiger partial charge is 0.230 e. The molecule has 0 amide bonds. The van der Waals surface area contributed by atoms with Crippen molar-refractivity contribution < 1.29 is 14.6 Å². The molecular weight excluding hydrogens is 375 g/mol. The standard InChI is InChI=1S/C17H18ClFN6O2/c18-12-9-20-17(22-15-5-6-25(24-15)7-8-26)23-16(12)21-14(10-27)11-3-1-2-4-13(11)19/h1-6,9,14,26-27H,7-8,10H2,(H2,20,21,22,23,24). The summed E-state index contributed by atoms with van der Waals surface area (Å²) in [4.78, 5) is 8.35. The molecule has 3 aromatic rings. The largest absolute Gasteiger partial charge is 0.394 e. The Labute approximate surface area is 159 Å². The van der Waals surface area contributed by atoms with Crippen LogP contribution in [0.15, 0.2) is 42.7 Å². The molecule has 4 N–H and O–H groups in total. The summed E-state index contributed by atoms with van der Waals surface area (Å²) < 4.78 is 15.6. The van der Waals surface area contributed by atoms with Crippen molar-refractivity contribution in [1.82, 2.24) is 19.7 Å². The molecule has 3 rings (SSSR count). The van der Waals surface area contributed by atoms with Gasteiger partial charge in [0, 0.05) is 17.8 Å². The summed E-state index contributed by atoms with van der Waals surface area (Å²) in [5, 5.41) is 28.9. The first kappa shape index (κ1) is 19.0. The predicted molar refractivity (Wildman–Crippen MR) is 99.5 cm³/mol. The van der Waals surface area contributed by atoms with Crippen LogP contribution in [0.5, 0.6) is 0 Å². The zero-order valence-corrected chi connectivity index (χ0v) is 14.9. The molecule has 142 valence electrons. The van der Waals surface area contributed by atoms with Crippen molar-refractivity contribution in [3.05, 3.63) is 59.1 Å². The van der Waals surface area contributed by atoms with E-state index in [1.54, 1.807) is 35.1 Å². The fourth-order valence-electron chi connectivity index (χ4n) is 2.44. The number of aliphatic hydroxyl groups excluding tert-OH is 2. The van der Waals surface area contributed by atoms with Crippen LogP contribution in [0.25, 0.3) is 0 Å². The summed E-state index contributed by atoms with van der Waals surface area (Å²) in [6.45, 7) is -0.00238. The number of anilines is 3. The van der Waals surface area contributed by atoms with Gasteiger partial charge in [-0.05, 0) is 6.07 Å². The first-order chi connectivity index (χ1) is 13.1. The topological polar surface area (TPSA) is 108 Å². The number of aromatic nitrogens is 4. The number of rotatable bonds is 8. The third-order valence-electron chi connectivity index (χ3n) is 3.73. The summed E-state index contributed by atoms with van der Waals surface area (Å²) in [5.41, 5.74) is 0.298. The van der Waals surface area contributed by atoms with Gasteiger partial charge in [-0.1, -0.05) is 29.8 Å². The van der Waals surface area contributed by atoms with E-state index in [1.807, 2.05) is 0 Å². The van der Waals surface area contributed by atoms with Gasteiger partial charge in [-0.15, -0.1) is 0 Å². The van der Waals surface area contributed by atoms with E-state index in [1.165, 1.54) is 12.3 Å². The van der Waals surface area contributed by atoms with Gasteiger partial charge in [0.2, 0.25) is 5.95 Å². The van der Waals surface area contributed by atoms with Crippen LogP contribution in [0.2, 0.25) is 5.02 Å². The van der Waals surface area contributed by atoms with Crippen LogP contribution >= 0.6 is 11.6 Å². The average Bonchev–Trinajstić information content (AvgIpc) is 3.10. The van der Waals surface area contributed by atoms with Gasteiger partial charge in [0.25, 0.3) is 0 Å².